The van der Waals surface area contributed by atoms with E-state index in [0.717, 1.165) is 18.9 Å². The Labute approximate surface area is 85.7 Å². The Kier molecular flexibility index (Phi) is 2.64. The highest BCUT2D eigenvalue weighted by Crippen LogP contribution is 2.46. The number of hydrogen-bond donors (Lipinski definition) is 1. The third-order valence-electron chi connectivity index (χ3n) is 3.33. The third kappa shape index (κ3) is 2.01. The predicted octanol–water partition coefficient (Wildman–Crippen LogP) is 2.46. The molecule has 0 bridgehead atoms. The van der Waals surface area contributed by atoms with E-state index in [2.05, 4.69) is 18.3 Å². The SMILES string of the molecule is CNCC(C)(Cc1ccoc1)C1CC1. The average molecular weight is 193 g/mol. The molecule has 0 spiro atoms. The van der Waals surface area contributed by atoms with Crippen LogP contribution in [0.25, 0.3) is 0 Å². The summed E-state index contributed by atoms with van der Waals surface area (Å²) in [5.74, 6) is 0.907. The molecule has 78 valence electrons. The van der Waals surface area contributed by atoms with Gasteiger partial charge in [-0.2, -0.15) is 0 Å². The van der Waals surface area contributed by atoms with Gasteiger partial charge in [0.1, 0.15) is 0 Å². The van der Waals surface area contributed by atoms with E-state index in [4.69, 9.17) is 4.42 Å². The molecule has 2 heteroatoms. The second kappa shape index (κ2) is 3.77. The number of nitrogens with one attached hydrogen (secondary N) is 1. The zero-order valence-electron chi connectivity index (χ0n) is 9.05. The normalized spacial score (nSPS) is 20.7. The molecule has 0 radical (unpaired) electrons. The minimum Gasteiger partial charge on any atom is -0.472 e. The minimum atomic E-state index is 0.415. The molecule has 1 fully saturated rings. The molecular formula is C12H19NO. The summed E-state index contributed by atoms with van der Waals surface area (Å²) in [5, 5.41) is 3.31. The van der Waals surface area contributed by atoms with E-state index in [1.165, 1.54) is 18.4 Å². The molecule has 2 nitrogen and oxygen atoms in total. The summed E-state index contributed by atoms with van der Waals surface area (Å²) in [4.78, 5) is 0. The Morgan fingerprint density at radius 1 is 1.57 bits per heavy atom. The van der Waals surface area contributed by atoms with Crippen LogP contribution in [0, 0.1) is 11.3 Å². The van der Waals surface area contributed by atoms with Gasteiger partial charge in [0, 0.05) is 6.54 Å². The summed E-state index contributed by atoms with van der Waals surface area (Å²) in [5.41, 5.74) is 1.74. The first-order chi connectivity index (χ1) is 6.74. The van der Waals surface area contributed by atoms with Crippen molar-refractivity contribution in [3.05, 3.63) is 24.2 Å². The van der Waals surface area contributed by atoms with Crippen LogP contribution in [0.2, 0.25) is 0 Å². The maximum atomic E-state index is 5.12. The first-order valence-corrected chi connectivity index (χ1v) is 5.40. The molecule has 1 aliphatic carbocycles. The molecule has 1 aromatic rings. The molecule has 1 aliphatic rings. The molecule has 0 amide bonds. The lowest BCUT2D eigenvalue weighted by molar-refractivity contribution is 0.262. The maximum Gasteiger partial charge on any atom is 0.0934 e. The molecule has 1 atom stereocenters. The summed E-state index contributed by atoms with van der Waals surface area (Å²) < 4.78 is 5.12. The summed E-state index contributed by atoms with van der Waals surface area (Å²) in [6.07, 6.45) is 7.57. The topological polar surface area (TPSA) is 25.2 Å². The van der Waals surface area contributed by atoms with Crippen molar-refractivity contribution in [1.82, 2.24) is 5.32 Å². The van der Waals surface area contributed by atoms with E-state index in [1.54, 1.807) is 6.26 Å². The van der Waals surface area contributed by atoms with Crippen LogP contribution in [0.3, 0.4) is 0 Å². The van der Waals surface area contributed by atoms with Crippen molar-refractivity contribution in [3.63, 3.8) is 0 Å². The Morgan fingerprint density at radius 2 is 2.36 bits per heavy atom. The van der Waals surface area contributed by atoms with Crippen LogP contribution in [-0.4, -0.2) is 13.6 Å². The minimum absolute atomic E-state index is 0.415. The van der Waals surface area contributed by atoms with E-state index < -0.39 is 0 Å². The lowest BCUT2D eigenvalue weighted by Crippen LogP contribution is -2.33. The Bertz CT molecular complexity index is 277. The summed E-state index contributed by atoms with van der Waals surface area (Å²) in [6, 6.07) is 2.08. The first-order valence-electron chi connectivity index (χ1n) is 5.40. The molecule has 1 heterocycles. The van der Waals surface area contributed by atoms with Crippen LogP contribution in [0.15, 0.2) is 23.0 Å². The van der Waals surface area contributed by atoms with Crippen molar-refractivity contribution in [2.45, 2.75) is 26.2 Å². The highest BCUT2D eigenvalue weighted by molar-refractivity contribution is 5.10. The fraction of sp³-hybridized carbons (Fsp3) is 0.667. The zero-order valence-corrected chi connectivity index (χ0v) is 9.05. The summed E-state index contributed by atoms with van der Waals surface area (Å²) in [6.45, 7) is 3.48. The first kappa shape index (κ1) is 9.78. The molecule has 1 unspecified atom stereocenters. The number of hydrogen-bond acceptors (Lipinski definition) is 2. The highest BCUT2D eigenvalue weighted by atomic mass is 16.3. The molecule has 14 heavy (non-hydrogen) atoms. The second-order valence-corrected chi connectivity index (χ2v) is 4.77. The van der Waals surface area contributed by atoms with Crippen LogP contribution >= 0.6 is 0 Å². The molecule has 1 aromatic heterocycles. The van der Waals surface area contributed by atoms with Crippen molar-refractivity contribution in [2.75, 3.05) is 13.6 Å². The van der Waals surface area contributed by atoms with Crippen molar-refractivity contribution in [3.8, 4) is 0 Å². The van der Waals surface area contributed by atoms with Crippen LogP contribution in [0.5, 0.6) is 0 Å². The van der Waals surface area contributed by atoms with Crippen LogP contribution in [0.4, 0.5) is 0 Å². The fourth-order valence-corrected chi connectivity index (χ4v) is 2.39. The van der Waals surface area contributed by atoms with E-state index in [0.29, 0.717) is 5.41 Å². The molecule has 0 aliphatic heterocycles. The predicted molar refractivity (Wildman–Crippen MR) is 57.2 cm³/mol. The van der Waals surface area contributed by atoms with Crippen molar-refractivity contribution >= 4 is 0 Å². The van der Waals surface area contributed by atoms with Gasteiger partial charge < -0.3 is 9.73 Å². The molecule has 1 saturated carbocycles. The van der Waals surface area contributed by atoms with E-state index >= 15 is 0 Å². The van der Waals surface area contributed by atoms with Gasteiger partial charge in [0.15, 0.2) is 0 Å². The molecule has 2 rings (SSSR count). The van der Waals surface area contributed by atoms with Crippen LogP contribution in [-0.2, 0) is 6.42 Å². The lowest BCUT2D eigenvalue weighted by Gasteiger charge is -2.29. The van der Waals surface area contributed by atoms with E-state index in [9.17, 15) is 0 Å². The fourth-order valence-electron chi connectivity index (χ4n) is 2.39. The van der Waals surface area contributed by atoms with Gasteiger partial charge in [-0.05, 0) is 49.3 Å². The van der Waals surface area contributed by atoms with Crippen molar-refractivity contribution in [1.29, 1.82) is 0 Å². The van der Waals surface area contributed by atoms with Crippen molar-refractivity contribution in [2.24, 2.45) is 11.3 Å². The van der Waals surface area contributed by atoms with Gasteiger partial charge in [0.25, 0.3) is 0 Å². The largest absolute Gasteiger partial charge is 0.472 e. The van der Waals surface area contributed by atoms with Gasteiger partial charge in [-0.3, -0.25) is 0 Å². The molecule has 1 N–H and O–H groups in total. The third-order valence-corrected chi connectivity index (χ3v) is 3.33. The van der Waals surface area contributed by atoms with Gasteiger partial charge in [0.05, 0.1) is 12.5 Å². The van der Waals surface area contributed by atoms with Crippen LogP contribution in [0.1, 0.15) is 25.3 Å². The Balaban J connectivity index is 2.03. The van der Waals surface area contributed by atoms with Gasteiger partial charge in [-0.15, -0.1) is 0 Å². The average Bonchev–Trinajstić information content (AvgIpc) is 2.89. The van der Waals surface area contributed by atoms with Crippen molar-refractivity contribution < 1.29 is 4.42 Å². The van der Waals surface area contributed by atoms with Gasteiger partial charge in [-0.25, -0.2) is 0 Å². The van der Waals surface area contributed by atoms with E-state index in [1.807, 2.05) is 13.3 Å². The highest BCUT2D eigenvalue weighted by Gasteiger charge is 2.40. The van der Waals surface area contributed by atoms with E-state index in [-0.39, 0.29) is 0 Å². The number of furan rings is 1. The zero-order chi connectivity index (χ0) is 10.0. The summed E-state index contributed by atoms with van der Waals surface area (Å²) in [7, 11) is 2.04. The van der Waals surface area contributed by atoms with Crippen LogP contribution < -0.4 is 5.32 Å². The second-order valence-electron chi connectivity index (χ2n) is 4.77. The van der Waals surface area contributed by atoms with Gasteiger partial charge in [0.2, 0.25) is 0 Å². The Morgan fingerprint density at radius 3 is 2.86 bits per heavy atom. The lowest BCUT2D eigenvalue weighted by atomic mass is 9.79. The van der Waals surface area contributed by atoms with Gasteiger partial charge in [-0.1, -0.05) is 6.92 Å². The quantitative estimate of drug-likeness (QED) is 0.777. The monoisotopic (exact) mass is 193 g/mol. The molecular weight excluding hydrogens is 174 g/mol. The molecule has 0 saturated heterocycles. The molecule has 0 aromatic carbocycles. The number of rotatable bonds is 5. The van der Waals surface area contributed by atoms with Gasteiger partial charge >= 0.3 is 0 Å². The maximum absolute atomic E-state index is 5.12. The standard InChI is InChI=1S/C12H19NO/c1-12(9-13-2,11-3-4-11)7-10-5-6-14-8-10/h5-6,8,11,13H,3-4,7,9H2,1-2H3. The Hall–Kier alpha value is -0.760. The summed E-state index contributed by atoms with van der Waals surface area (Å²) >= 11 is 0. The smallest absolute Gasteiger partial charge is 0.0934 e.